The van der Waals surface area contributed by atoms with Gasteiger partial charge in [0.15, 0.2) is 0 Å². The van der Waals surface area contributed by atoms with E-state index in [9.17, 15) is 4.79 Å². The second kappa shape index (κ2) is 7.40. The normalized spacial score (nSPS) is 16.8. The predicted molar refractivity (Wildman–Crippen MR) is 89.0 cm³/mol. The Morgan fingerprint density at radius 1 is 1.35 bits per heavy atom. The zero-order valence-electron chi connectivity index (χ0n) is 13.7. The molecule has 1 atom stereocenters. The quantitative estimate of drug-likeness (QED) is 0.891. The maximum atomic E-state index is 12.7. The van der Waals surface area contributed by atoms with Crippen LogP contribution in [-0.4, -0.2) is 38.6 Å². The summed E-state index contributed by atoms with van der Waals surface area (Å²) in [6, 6.07) is 8.93. The Labute approximate surface area is 137 Å². The van der Waals surface area contributed by atoms with E-state index in [0.717, 1.165) is 38.1 Å². The highest BCUT2D eigenvalue weighted by atomic mass is 16.2. The number of benzene rings is 1. The summed E-state index contributed by atoms with van der Waals surface area (Å²) in [5, 5.41) is 6.66. The average molecular weight is 312 g/mol. The fraction of sp³-hybridized carbons (Fsp3) is 0.500. The number of rotatable bonds is 6. The molecule has 0 spiro atoms. The third-order valence-electron chi connectivity index (χ3n) is 4.59. The van der Waals surface area contributed by atoms with Gasteiger partial charge in [-0.15, -0.1) is 0 Å². The van der Waals surface area contributed by atoms with E-state index in [4.69, 9.17) is 0 Å². The number of aromatic nitrogens is 3. The van der Waals surface area contributed by atoms with Crippen LogP contribution in [0.15, 0.2) is 30.6 Å². The van der Waals surface area contributed by atoms with Crippen LogP contribution in [0, 0.1) is 0 Å². The van der Waals surface area contributed by atoms with Gasteiger partial charge in [-0.25, -0.2) is 4.98 Å². The van der Waals surface area contributed by atoms with Crippen molar-refractivity contribution in [1.29, 1.82) is 0 Å². The summed E-state index contributed by atoms with van der Waals surface area (Å²) >= 11 is 0. The highest BCUT2D eigenvalue weighted by Crippen LogP contribution is 2.25. The van der Waals surface area contributed by atoms with Gasteiger partial charge in [-0.2, -0.15) is 5.10 Å². The maximum absolute atomic E-state index is 12.7. The number of hydrogen-bond acceptors (Lipinski definition) is 3. The molecule has 5 nitrogen and oxygen atoms in total. The first kappa shape index (κ1) is 15.7. The van der Waals surface area contributed by atoms with Crippen molar-refractivity contribution in [3.8, 4) is 0 Å². The van der Waals surface area contributed by atoms with Gasteiger partial charge in [-0.3, -0.25) is 9.89 Å². The SMILES string of the molecule is CCCN(C(=O)CCc1ncn[nH]1)C1CCc2ccccc2C1. The molecule has 0 bridgehead atoms. The van der Waals surface area contributed by atoms with Gasteiger partial charge in [0, 0.05) is 25.4 Å². The minimum absolute atomic E-state index is 0.229. The van der Waals surface area contributed by atoms with E-state index in [1.807, 2.05) is 0 Å². The van der Waals surface area contributed by atoms with E-state index in [0.29, 0.717) is 18.9 Å². The third-order valence-corrected chi connectivity index (χ3v) is 4.59. The number of H-pyrrole nitrogens is 1. The van der Waals surface area contributed by atoms with Crippen molar-refractivity contribution < 1.29 is 4.79 Å². The largest absolute Gasteiger partial charge is 0.339 e. The summed E-state index contributed by atoms with van der Waals surface area (Å²) in [5.41, 5.74) is 2.84. The number of aryl methyl sites for hydroxylation is 2. The van der Waals surface area contributed by atoms with Crippen molar-refractivity contribution in [2.45, 2.75) is 51.5 Å². The fourth-order valence-electron chi connectivity index (χ4n) is 3.42. The molecule has 0 radical (unpaired) electrons. The standard InChI is InChI=1S/C18H24N4O/c1-2-11-22(18(23)10-9-17-19-13-20-21-17)16-8-7-14-5-3-4-6-15(14)12-16/h3-6,13,16H,2,7-12H2,1H3,(H,19,20,21). The third kappa shape index (κ3) is 3.78. The highest BCUT2D eigenvalue weighted by Gasteiger charge is 2.26. The van der Waals surface area contributed by atoms with Gasteiger partial charge >= 0.3 is 0 Å². The minimum atomic E-state index is 0.229. The minimum Gasteiger partial charge on any atom is -0.339 e. The molecule has 3 rings (SSSR count). The molecule has 0 fully saturated rings. The van der Waals surface area contributed by atoms with Crippen LogP contribution in [0.25, 0.3) is 0 Å². The number of carbonyl (C=O) groups is 1. The first-order chi connectivity index (χ1) is 11.3. The lowest BCUT2D eigenvalue weighted by Gasteiger charge is -2.35. The Morgan fingerprint density at radius 2 is 2.17 bits per heavy atom. The zero-order chi connectivity index (χ0) is 16.1. The average Bonchev–Trinajstić information content (AvgIpc) is 3.10. The molecule has 0 saturated carbocycles. The summed E-state index contributed by atoms with van der Waals surface area (Å²) in [4.78, 5) is 18.9. The predicted octanol–water partition coefficient (Wildman–Crippen LogP) is 2.53. The van der Waals surface area contributed by atoms with E-state index >= 15 is 0 Å². The monoisotopic (exact) mass is 312 g/mol. The second-order valence-corrected chi connectivity index (χ2v) is 6.18. The lowest BCUT2D eigenvalue weighted by molar-refractivity contribution is -0.133. The lowest BCUT2D eigenvalue weighted by atomic mass is 9.87. The van der Waals surface area contributed by atoms with Crippen molar-refractivity contribution in [3.05, 3.63) is 47.5 Å². The summed E-state index contributed by atoms with van der Waals surface area (Å²) in [6.45, 7) is 2.97. The molecule has 0 saturated heterocycles. The van der Waals surface area contributed by atoms with Gasteiger partial charge in [0.2, 0.25) is 5.91 Å². The van der Waals surface area contributed by atoms with Crippen molar-refractivity contribution in [1.82, 2.24) is 20.1 Å². The Morgan fingerprint density at radius 3 is 2.91 bits per heavy atom. The molecule has 1 aliphatic carbocycles. The topological polar surface area (TPSA) is 61.9 Å². The van der Waals surface area contributed by atoms with Crippen LogP contribution in [0.4, 0.5) is 0 Å². The number of fused-ring (bicyclic) bond motifs is 1. The van der Waals surface area contributed by atoms with Crippen LogP contribution in [0.5, 0.6) is 0 Å². The molecule has 1 unspecified atom stereocenters. The number of aromatic amines is 1. The van der Waals surface area contributed by atoms with E-state index in [1.165, 1.54) is 17.5 Å². The molecule has 1 N–H and O–H groups in total. The van der Waals surface area contributed by atoms with Crippen LogP contribution in [0.3, 0.4) is 0 Å². The van der Waals surface area contributed by atoms with Gasteiger partial charge in [-0.05, 0) is 36.8 Å². The molecular formula is C18H24N4O. The summed E-state index contributed by atoms with van der Waals surface area (Å²) in [7, 11) is 0. The zero-order valence-corrected chi connectivity index (χ0v) is 13.7. The van der Waals surface area contributed by atoms with E-state index < -0.39 is 0 Å². The molecule has 5 heteroatoms. The number of nitrogens with zero attached hydrogens (tertiary/aromatic N) is 3. The first-order valence-corrected chi connectivity index (χ1v) is 8.48. The Kier molecular flexibility index (Phi) is 5.05. The van der Waals surface area contributed by atoms with Crippen LogP contribution in [0.2, 0.25) is 0 Å². The first-order valence-electron chi connectivity index (χ1n) is 8.48. The van der Waals surface area contributed by atoms with E-state index in [-0.39, 0.29) is 5.91 Å². The van der Waals surface area contributed by atoms with Crippen LogP contribution in [0.1, 0.15) is 43.1 Å². The van der Waals surface area contributed by atoms with Gasteiger partial charge in [0.05, 0.1) is 0 Å². The molecule has 1 aliphatic rings. The molecule has 1 aromatic heterocycles. The number of carbonyl (C=O) groups excluding carboxylic acids is 1. The van der Waals surface area contributed by atoms with Gasteiger partial charge in [-0.1, -0.05) is 31.2 Å². The van der Waals surface area contributed by atoms with Crippen LogP contribution < -0.4 is 0 Å². The molecule has 1 heterocycles. The summed E-state index contributed by atoms with van der Waals surface area (Å²) in [6.07, 6.45) is 6.70. The van der Waals surface area contributed by atoms with Crippen molar-refractivity contribution >= 4 is 5.91 Å². The number of nitrogens with one attached hydrogen (secondary N) is 1. The van der Waals surface area contributed by atoms with Crippen molar-refractivity contribution in [2.24, 2.45) is 0 Å². The fourth-order valence-corrected chi connectivity index (χ4v) is 3.42. The van der Waals surface area contributed by atoms with Gasteiger partial charge in [0.1, 0.15) is 12.2 Å². The molecule has 122 valence electrons. The number of amides is 1. The van der Waals surface area contributed by atoms with Gasteiger partial charge in [0.25, 0.3) is 0 Å². The van der Waals surface area contributed by atoms with Gasteiger partial charge < -0.3 is 4.90 Å². The smallest absolute Gasteiger partial charge is 0.223 e. The van der Waals surface area contributed by atoms with Crippen LogP contribution >= 0.6 is 0 Å². The summed E-state index contributed by atoms with van der Waals surface area (Å²) < 4.78 is 0. The van der Waals surface area contributed by atoms with Crippen molar-refractivity contribution in [2.75, 3.05) is 6.54 Å². The number of hydrogen-bond donors (Lipinski definition) is 1. The van der Waals surface area contributed by atoms with Crippen LogP contribution in [-0.2, 0) is 24.1 Å². The van der Waals surface area contributed by atoms with Crippen molar-refractivity contribution in [3.63, 3.8) is 0 Å². The molecular weight excluding hydrogens is 288 g/mol. The molecule has 1 amide bonds. The highest BCUT2D eigenvalue weighted by molar-refractivity contribution is 5.76. The molecule has 23 heavy (non-hydrogen) atoms. The summed E-state index contributed by atoms with van der Waals surface area (Å²) in [5.74, 6) is 1.01. The molecule has 1 aromatic carbocycles. The Balaban J connectivity index is 1.65. The molecule has 2 aromatic rings. The second-order valence-electron chi connectivity index (χ2n) is 6.18. The molecule has 0 aliphatic heterocycles. The van der Waals surface area contributed by atoms with E-state index in [1.54, 1.807) is 0 Å². The van der Waals surface area contributed by atoms with E-state index in [2.05, 4.69) is 51.3 Å². The Bertz CT molecular complexity index is 638. The lowest BCUT2D eigenvalue weighted by Crippen LogP contribution is -2.44. The maximum Gasteiger partial charge on any atom is 0.223 e. The Hall–Kier alpha value is -2.17.